The molecule has 2 amide bonds. The summed E-state index contributed by atoms with van der Waals surface area (Å²) in [5.74, 6) is -0.948. The molecule has 0 atom stereocenters. The minimum absolute atomic E-state index is 0.0591. The van der Waals surface area contributed by atoms with Gasteiger partial charge in [0.1, 0.15) is 15.4 Å². The number of carbonyl (C=O) groups is 2. The van der Waals surface area contributed by atoms with Crippen LogP contribution < -0.4 is 10.6 Å². The van der Waals surface area contributed by atoms with Gasteiger partial charge in [-0.15, -0.1) is 0 Å². The summed E-state index contributed by atoms with van der Waals surface area (Å²) < 4.78 is 22.6. The fourth-order valence-electron chi connectivity index (χ4n) is 2.26. The van der Waals surface area contributed by atoms with Crippen molar-refractivity contribution in [1.82, 2.24) is 10.6 Å². The van der Waals surface area contributed by atoms with Crippen molar-refractivity contribution in [2.75, 3.05) is 11.5 Å². The van der Waals surface area contributed by atoms with E-state index in [9.17, 15) is 23.1 Å². The minimum Gasteiger partial charge on any atom is -0.480 e. The van der Waals surface area contributed by atoms with Crippen LogP contribution >= 0.6 is 0 Å². The zero-order valence-electron chi connectivity index (χ0n) is 11.8. The van der Waals surface area contributed by atoms with E-state index < -0.39 is 27.4 Å². The van der Waals surface area contributed by atoms with E-state index in [1.165, 1.54) is 0 Å². The molecule has 0 spiro atoms. The predicted octanol–water partition coefficient (Wildman–Crippen LogP) is 0.506. The van der Waals surface area contributed by atoms with E-state index in [2.05, 4.69) is 10.6 Å². The zero-order valence-corrected chi connectivity index (χ0v) is 12.6. The smallest absolute Gasteiger partial charge is 0.329 e. The van der Waals surface area contributed by atoms with Gasteiger partial charge in [0.25, 0.3) is 0 Å². The number of carbonyl (C=O) groups excluding carboxylic acids is 1. The lowest BCUT2D eigenvalue weighted by Gasteiger charge is -2.30. The molecule has 0 aromatic rings. The first-order valence-corrected chi connectivity index (χ1v) is 8.59. The maximum Gasteiger partial charge on any atom is 0.329 e. The number of nitrogens with one attached hydrogen (secondary N) is 2. The Morgan fingerprint density at radius 1 is 1.20 bits per heavy atom. The third-order valence-electron chi connectivity index (χ3n) is 3.86. The van der Waals surface area contributed by atoms with E-state index >= 15 is 0 Å². The van der Waals surface area contributed by atoms with E-state index in [0.29, 0.717) is 12.8 Å². The first-order valence-electron chi connectivity index (χ1n) is 6.77. The van der Waals surface area contributed by atoms with Crippen molar-refractivity contribution in [1.29, 1.82) is 0 Å². The zero-order chi connectivity index (χ0) is 15.4. The molecular weight excluding hydrogens is 284 g/mol. The van der Waals surface area contributed by atoms with Gasteiger partial charge >= 0.3 is 12.0 Å². The van der Waals surface area contributed by atoms with E-state index in [-0.39, 0.29) is 30.4 Å². The maximum absolute atomic E-state index is 11.9. The standard InChI is InChI=1S/C12H22N2O5S/c1-3-12(4-2,10(15)16)14-11(17)13-9-5-7-20(18,19)8-6-9/h9H,3-8H2,1-2H3,(H,15,16)(H2,13,14,17). The highest BCUT2D eigenvalue weighted by Crippen LogP contribution is 2.16. The lowest BCUT2D eigenvalue weighted by atomic mass is 9.93. The Balaban J connectivity index is 2.57. The number of sulfone groups is 1. The lowest BCUT2D eigenvalue weighted by Crippen LogP contribution is -2.58. The predicted molar refractivity (Wildman–Crippen MR) is 74.3 cm³/mol. The molecule has 0 aliphatic carbocycles. The number of aliphatic carboxylic acids is 1. The van der Waals surface area contributed by atoms with Gasteiger partial charge in [0.05, 0.1) is 11.5 Å². The average Bonchev–Trinajstić information content (AvgIpc) is 2.38. The van der Waals surface area contributed by atoms with Crippen molar-refractivity contribution in [3.8, 4) is 0 Å². The molecule has 0 radical (unpaired) electrons. The van der Waals surface area contributed by atoms with Crippen molar-refractivity contribution in [2.24, 2.45) is 0 Å². The van der Waals surface area contributed by atoms with Gasteiger partial charge in [-0.3, -0.25) is 0 Å². The average molecular weight is 306 g/mol. The highest BCUT2D eigenvalue weighted by atomic mass is 32.2. The monoisotopic (exact) mass is 306 g/mol. The number of hydrogen-bond donors (Lipinski definition) is 3. The van der Waals surface area contributed by atoms with Crippen LogP contribution in [0.4, 0.5) is 4.79 Å². The van der Waals surface area contributed by atoms with Crippen molar-refractivity contribution in [3.63, 3.8) is 0 Å². The topological polar surface area (TPSA) is 113 Å². The Morgan fingerprint density at radius 2 is 1.70 bits per heavy atom. The van der Waals surface area contributed by atoms with Gasteiger partial charge in [-0.1, -0.05) is 13.8 Å². The molecule has 0 unspecified atom stereocenters. The Kier molecular flexibility index (Phi) is 5.38. The molecule has 0 aromatic heterocycles. The summed E-state index contributed by atoms with van der Waals surface area (Å²) in [5.41, 5.74) is -1.27. The molecule has 20 heavy (non-hydrogen) atoms. The van der Waals surface area contributed by atoms with E-state index in [4.69, 9.17) is 0 Å². The van der Waals surface area contributed by atoms with Crippen molar-refractivity contribution < 1.29 is 23.1 Å². The molecule has 1 saturated heterocycles. The quantitative estimate of drug-likeness (QED) is 0.685. The fourth-order valence-corrected chi connectivity index (χ4v) is 3.75. The van der Waals surface area contributed by atoms with Crippen LogP contribution in [-0.4, -0.2) is 48.6 Å². The summed E-state index contributed by atoms with van der Waals surface area (Å²) in [6, 6.07) is -0.779. The highest BCUT2D eigenvalue weighted by molar-refractivity contribution is 7.91. The van der Waals surface area contributed by atoms with Gasteiger partial charge in [0.2, 0.25) is 0 Å². The Labute approximate surface area is 119 Å². The van der Waals surface area contributed by atoms with Gasteiger partial charge in [-0.25, -0.2) is 18.0 Å². The van der Waals surface area contributed by atoms with E-state index in [1.54, 1.807) is 13.8 Å². The molecule has 8 heteroatoms. The molecule has 1 rings (SSSR count). The van der Waals surface area contributed by atoms with Gasteiger partial charge in [0.15, 0.2) is 0 Å². The van der Waals surface area contributed by atoms with Gasteiger partial charge < -0.3 is 15.7 Å². The fraction of sp³-hybridized carbons (Fsp3) is 0.833. The molecule has 0 bridgehead atoms. The second-order valence-electron chi connectivity index (χ2n) is 5.12. The third-order valence-corrected chi connectivity index (χ3v) is 5.57. The van der Waals surface area contributed by atoms with Crippen LogP contribution in [0.5, 0.6) is 0 Å². The van der Waals surface area contributed by atoms with Crippen LogP contribution in [0.1, 0.15) is 39.5 Å². The minimum atomic E-state index is -2.98. The number of rotatable bonds is 5. The molecule has 7 nitrogen and oxygen atoms in total. The van der Waals surface area contributed by atoms with Crippen LogP contribution in [0, 0.1) is 0 Å². The number of amides is 2. The summed E-state index contributed by atoms with van der Waals surface area (Å²) in [4.78, 5) is 23.2. The summed E-state index contributed by atoms with van der Waals surface area (Å²) >= 11 is 0. The summed E-state index contributed by atoms with van der Waals surface area (Å²) in [6.07, 6.45) is 1.30. The SMILES string of the molecule is CCC(CC)(NC(=O)NC1CCS(=O)(=O)CC1)C(=O)O. The van der Waals surface area contributed by atoms with Gasteiger partial charge in [0, 0.05) is 6.04 Å². The first kappa shape index (κ1) is 16.7. The lowest BCUT2D eigenvalue weighted by molar-refractivity contribution is -0.144. The maximum atomic E-state index is 11.9. The highest BCUT2D eigenvalue weighted by Gasteiger charge is 2.37. The molecule has 3 N–H and O–H groups in total. The van der Waals surface area contributed by atoms with Gasteiger partial charge in [-0.2, -0.15) is 0 Å². The summed E-state index contributed by atoms with van der Waals surface area (Å²) in [6.45, 7) is 3.40. The second-order valence-corrected chi connectivity index (χ2v) is 7.42. The number of hydrogen-bond acceptors (Lipinski definition) is 4. The molecule has 1 aliphatic heterocycles. The van der Waals surface area contributed by atoms with Crippen LogP contribution in [0.15, 0.2) is 0 Å². The first-order chi connectivity index (χ1) is 9.24. The number of urea groups is 1. The Bertz CT molecular complexity index is 456. The Hall–Kier alpha value is -1.31. The normalized spacial score (nSPS) is 19.3. The largest absolute Gasteiger partial charge is 0.480 e. The van der Waals surface area contributed by atoms with Crippen molar-refractivity contribution in [3.05, 3.63) is 0 Å². The molecule has 1 aliphatic rings. The molecule has 1 heterocycles. The van der Waals surface area contributed by atoms with Gasteiger partial charge in [-0.05, 0) is 25.7 Å². The van der Waals surface area contributed by atoms with Crippen molar-refractivity contribution in [2.45, 2.75) is 51.1 Å². The molecule has 116 valence electrons. The third kappa shape index (κ3) is 4.09. The van der Waals surface area contributed by atoms with E-state index in [1.807, 2.05) is 0 Å². The summed E-state index contributed by atoms with van der Waals surface area (Å²) in [5, 5.41) is 14.4. The molecule has 0 saturated carbocycles. The van der Waals surface area contributed by atoms with Crippen LogP contribution in [0.25, 0.3) is 0 Å². The van der Waals surface area contributed by atoms with Crippen molar-refractivity contribution >= 4 is 21.8 Å². The second kappa shape index (κ2) is 6.43. The molecule has 0 aromatic carbocycles. The van der Waals surface area contributed by atoms with Crippen LogP contribution in [0.3, 0.4) is 0 Å². The Morgan fingerprint density at radius 3 is 2.10 bits per heavy atom. The van der Waals surface area contributed by atoms with Crippen LogP contribution in [-0.2, 0) is 14.6 Å². The molecular formula is C12H22N2O5S. The summed E-state index contributed by atoms with van der Waals surface area (Å²) in [7, 11) is -2.98. The molecule has 1 fully saturated rings. The van der Waals surface area contributed by atoms with E-state index in [0.717, 1.165) is 0 Å². The number of carboxylic acid groups (broad SMARTS) is 1. The number of carboxylic acids is 1. The van der Waals surface area contributed by atoms with Crippen LogP contribution in [0.2, 0.25) is 0 Å².